The summed E-state index contributed by atoms with van der Waals surface area (Å²) in [6.07, 6.45) is 44.6. The molecule has 0 spiro atoms. The van der Waals surface area contributed by atoms with Gasteiger partial charge in [0.1, 0.15) is 54.9 Å². The predicted molar refractivity (Wildman–Crippen MR) is 307 cm³/mol. The normalized spacial score (nSPS) is 24.6. The lowest BCUT2D eigenvalue weighted by Crippen LogP contribution is -2.61. The smallest absolute Gasteiger partial charge is 0.306 e. The maximum Gasteiger partial charge on any atom is 0.306 e. The van der Waals surface area contributed by atoms with E-state index in [9.17, 15) is 40.5 Å². The number of unbranched alkanes of at least 4 members (excludes halogenated alkanes) is 29. The summed E-state index contributed by atoms with van der Waals surface area (Å²) in [5.74, 6) is -0.376. The summed E-state index contributed by atoms with van der Waals surface area (Å²) in [5, 5.41) is 72.4. The molecule has 14 nitrogen and oxygen atoms in total. The first-order chi connectivity index (χ1) is 37.6. The van der Waals surface area contributed by atoms with Crippen LogP contribution in [0, 0.1) is 0 Å². The van der Waals surface area contributed by atoms with Crippen molar-refractivity contribution >= 4 is 5.97 Å². The molecule has 0 bridgehead atoms. The van der Waals surface area contributed by atoms with Crippen molar-refractivity contribution in [3.63, 3.8) is 0 Å². The van der Waals surface area contributed by atoms with Crippen molar-refractivity contribution in [3.05, 3.63) is 48.6 Å². The third-order valence-corrected chi connectivity index (χ3v) is 14.9. The molecule has 0 radical (unpaired) electrons. The van der Waals surface area contributed by atoms with E-state index in [1.165, 1.54) is 148 Å². The number of hydrogen-bond acceptors (Lipinski definition) is 14. The van der Waals surface area contributed by atoms with E-state index in [-0.39, 0.29) is 25.6 Å². The number of aliphatic hydroxyl groups excluding tert-OH is 7. The number of esters is 1. The largest absolute Gasteiger partial charge is 0.457 e. The summed E-state index contributed by atoms with van der Waals surface area (Å²) >= 11 is 0. The zero-order chi connectivity index (χ0) is 55.8. The van der Waals surface area contributed by atoms with Crippen LogP contribution in [0.25, 0.3) is 0 Å². The molecule has 2 heterocycles. The highest BCUT2D eigenvalue weighted by Gasteiger charge is 2.47. The van der Waals surface area contributed by atoms with Crippen LogP contribution in [0.4, 0.5) is 0 Å². The van der Waals surface area contributed by atoms with Gasteiger partial charge in [0.05, 0.1) is 26.4 Å². The highest BCUT2D eigenvalue weighted by molar-refractivity contribution is 5.69. The molecule has 77 heavy (non-hydrogen) atoms. The Kier molecular flexibility index (Phi) is 45.9. The third-order valence-electron chi connectivity index (χ3n) is 14.9. The van der Waals surface area contributed by atoms with Crippen LogP contribution in [0.3, 0.4) is 0 Å². The Morgan fingerprint density at radius 2 is 0.844 bits per heavy atom. The van der Waals surface area contributed by atoms with Crippen molar-refractivity contribution in [1.29, 1.82) is 0 Å². The van der Waals surface area contributed by atoms with Gasteiger partial charge in [-0.05, 0) is 51.4 Å². The number of aliphatic hydroxyl groups is 7. The minimum absolute atomic E-state index is 0.0556. The zero-order valence-electron chi connectivity index (χ0n) is 48.4. The lowest BCUT2D eigenvalue weighted by molar-refractivity contribution is -0.332. The summed E-state index contributed by atoms with van der Waals surface area (Å²) in [7, 11) is 0. The molecule has 450 valence electrons. The Hall–Kier alpha value is -2.05. The molecule has 2 saturated heterocycles. The predicted octanol–water partition coefficient (Wildman–Crippen LogP) is 11.9. The molecular weight excluding hydrogens is 981 g/mol. The third kappa shape index (κ3) is 36.1. The number of rotatable bonds is 51. The molecule has 2 fully saturated rings. The van der Waals surface area contributed by atoms with Gasteiger partial charge in [0.15, 0.2) is 12.6 Å². The summed E-state index contributed by atoms with van der Waals surface area (Å²) in [4.78, 5) is 13.1. The zero-order valence-corrected chi connectivity index (χ0v) is 48.4. The Balaban J connectivity index is 1.68. The van der Waals surface area contributed by atoms with Crippen molar-refractivity contribution < 1.29 is 69.0 Å². The molecule has 0 aliphatic carbocycles. The Labute approximate surface area is 467 Å². The summed E-state index contributed by atoms with van der Waals surface area (Å²) < 4.78 is 34.5. The number of carbonyl (C=O) groups is 1. The monoisotopic (exact) mass is 1090 g/mol. The fraction of sp³-hybridized carbons (Fsp3) is 0.857. The fourth-order valence-electron chi connectivity index (χ4n) is 9.87. The molecule has 0 saturated carbocycles. The van der Waals surface area contributed by atoms with Crippen LogP contribution in [0.1, 0.15) is 245 Å². The molecule has 2 rings (SSSR count). The average molecular weight is 1100 g/mol. The summed E-state index contributed by atoms with van der Waals surface area (Å²) in [6, 6.07) is 0. The number of allylic oxidation sites excluding steroid dienone is 8. The minimum Gasteiger partial charge on any atom is -0.457 e. The number of ether oxygens (including phenoxy) is 6. The molecule has 2 aliphatic heterocycles. The minimum atomic E-state index is -1.71. The SMILES string of the molecule is CC/C=C\C/C=C\C/C=C\C/C=C\CCCCCCCCCOCC(COC1OC(COC2OC(CO)C(O)C(O)C2O)C(O)C(O)C1O)OC(=O)CCCCCCCCCCCCCCCCCCCCCCCCC. The van der Waals surface area contributed by atoms with E-state index in [0.29, 0.717) is 13.0 Å². The first-order valence-corrected chi connectivity index (χ1v) is 31.2. The van der Waals surface area contributed by atoms with Crippen LogP contribution < -0.4 is 0 Å². The topological polar surface area (TPSA) is 214 Å². The van der Waals surface area contributed by atoms with Crippen LogP contribution in [-0.2, 0) is 33.2 Å². The number of carbonyl (C=O) groups excluding carboxylic acids is 1. The second-order valence-corrected chi connectivity index (χ2v) is 21.9. The molecule has 0 aromatic carbocycles. The fourth-order valence-corrected chi connectivity index (χ4v) is 9.87. The quantitative estimate of drug-likeness (QED) is 0.0172. The van der Waals surface area contributed by atoms with Crippen LogP contribution >= 0.6 is 0 Å². The lowest BCUT2D eigenvalue weighted by atomic mass is 9.98. The van der Waals surface area contributed by atoms with Gasteiger partial charge in [-0.1, -0.05) is 236 Å². The van der Waals surface area contributed by atoms with Gasteiger partial charge in [0, 0.05) is 13.0 Å². The van der Waals surface area contributed by atoms with Crippen molar-refractivity contribution in [2.45, 2.75) is 313 Å². The van der Waals surface area contributed by atoms with Crippen LogP contribution in [-0.4, -0.2) is 142 Å². The van der Waals surface area contributed by atoms with Crippen molar-refractivity contribution in [2.24, 2.45) is 0 Å². The maximum atomic E-state index is 13.1. The van der Waals surface area contributed by atoms with E-state index in [2.05, 4.69) is 62.5 Å². The van der Waals surface area contributed by atoms with Gasteiger partial charge in [-0.15, -0.1) is 0 Å². The first kappa shape index (κ1) is 71.1. The molecule has 2 aliphatic rings. The molecule has 0 aromatic rings. The van der Waals surface area contributed by atoms with Crippen molar-refractivity contribution in [1.82, 2.24) is 0 Å². The Morgan fingerprint density at radius 3 is 1.32 bits per heavy atom. The molecular formula is C63H114O14. The lowest BCUT2D eigenvalue weighted by Gasteiger charge is -2.42. The highest BCUT2D eigenvalue weighted by atomic mass is 16.7. The van der Waals surface area contributed by atoms with E-state index < -0.39 is 80.7 Å². The van der Waals surface area contributed by atoms with E-state index in [1.54, 1.807) is 0 Å². The van der Waals surface area contributed by atoms with Gasteiger partial charge < -0.3 is 64.2 Å². The summed E-state index contributed by atoms with van der Waals surface area (Å²) in [6.45, 7) is 3.59. The van der Waals surface area contributed by atoms with Gasteiger partial charge in [-0.25, -0.2) is 0 Å². The van der Waals surface area contributed by atoms with Crippen molar-refractivity contribution in [2.75, 3.05) is 33.0 Å². The van der Waals surface area contributed by atoms with Crippen molar-refractivity contribution in [3.8, 4) is 0 Å². The van der Waals surface area contributed by atoms with Crippen LogP contribution in [0.2, 0.25) is 0 Å². The standard InChI is InChI=1S/C63H114O14/c1-3-5-7-9-11-13-15-17-19-21-23-25-26-27-28-30-32-34-36-38-40-42-44-46-55(65)75-52(49-72-47-45-43-41-39-37-35-33-31-29-24-22-20-18-16-14-12-10-8-6-4-2)50-73-62-61(71)59(69)57(67)54(77-62)51-74-63-60(70)58(68)56(66)53(48-64)76-63/h6,8,12,14,18,20,24,29,52-54,56-64,66-71H,3-5,7,9-11,13,15-17,19,21-23,25-28,30-51H2,1-2H3/b8-6-,14-12-,20-18-,29-24-. The molecule has 7 N–H and O–H groups in total. The van der Waals surface area contributed by atoms with E-state index >= 15 is 0 Å². The molecule has 0 amide bonds. The summed E-state index contributed by atoms with van der Waals surface area (Å²) in [5.41, 5.74) is 0. The Bertz CT molecular complexity index is 1460. The van der Waals surface area contributed by atoms with Gasteiger partial charge in [0.25, 0.3) is 0 Å². The molecule has 11 unspecified atom stereocenters. The van der Waals surface area contributed by atoms with Gasteiger partial charge >= 0.3 is 5.97 Å². The second-order valence-electron chi connectivity index (χ2n) is 21.9. The van der Waals surface area contributed by atoms with E-state index in [4.69, 9.17) is 28.4 Å². The molecule has 0 aromatic heterocycles. The molecule has 11 atom stereocenters. The number of hydrogen-bond donors (Lipinski definition) is 7. The van der Waals surface area contributed by atoms with E-state index in [1.807, 2.05) is 0 Å². The van der Waals surface area contributed by atoms with Crippen LogP contribution in [0.5, 0.6) is 0 Å². The van der Waals surface area contributed by atoms with E-state index in [0.717, 1.165) is 70.6 Å². The van der Waals surface area contributed by atoms with Gasteiger partial charge in [0.2, 0.25) is 0 Å². The average Bonchev–Trinajstić information content (AvgIpc) is 3.43. The maximum absolute atomic E-state index is 13.1. The Morgan fingerprint density at radius 1 is 0.442 bits per heavy atom. The second kappa shape index (κ2) is 49.7. The van der Waals surface area contributed by atoms with Gasteiger partial charge in [-0.3, -0.25) is 4.79 Å². The first-order valence-electron chi connectivity index (χ1n) is 31.2. The van der Waals surface area contributed by atoms with Gasteiger partial charge in [-0.2, -0.15) is 0 Å². The molecule has 14 heteroatoms. The van der Waals surface area contributed by atoms with Crippen LogP contribution in [0.15, 0.2) is 48.6 Å². The highest BCUT2D eigenvalue weighted by Crippen LogP contribution is 2.27.